The van der Waals surface area contributed by atoms with E-state index in [1.54, 1.807) is 25.3 Å². The molecule has 2 rings (SSSR count). The van der Waals surface area contributed by atoms with Crippen LogP contribution in [0.1, 0.15) is 37.4 Å². The topological polar surface area (TPSA) is 34.2 Å². The summed E-state index contributed by atoms with van der Waals surface area (Å²) in [6, 6.07) is 8.87. The Balaban J connectivity index is 2.11. The maximum Gasteiger partial charge on any atom is 0.219 e. The summed E-state index contributed by atoms with van der Waals surface area (Å²) in [6.45, 7) is 6.91. The van der Waals surface area contributed by atoms with E-state index < -0.39 is 0 Å². The van der Waals surface area contributed by atoms with E-state index in [2.05, 4.69) is 24.1 Å². The molecule has 0 saturated heterocycles. The maximum atomic E-state index is 13.5. The number of aromatic nitrogens is 1. The minimum absolute atomic E-state index is 0.227. The predicted octanol–water partition coefficient (Wildman–Crippen LogP) is 4.38. The van der Waals surface area contributed by atoms with Gasteiger partial charge >= 0.3 is 0 Å². The molecule has 0 aliphatic carbocycles. The van der Waals surface area contributed by atoms with Crippen LogP contribution in [0.2, 0.25) is 0 Å². The van der Waals surface area contributed by atoms with Crippen molar-refractivity contribution in [1.29, 1.82) is 0 Å². The van der Waals surface area contributed by atoms with Gasteiger partial charge in [0.1, 0.15) is 11.6 Å². The smallest absolute Gasteiger partial charge is 0.219 e. The Morgan fingerprint density at radius 1 is 1.29 bits per heavy atom. The lowest BCUT2D eigenvalue weighted by molar-refractivity contribution is 0.454. The van der Waals surface area contributed by atoms with Gasteiger partial charge in [0.25, 0.3) is 0 Å². The Bertz CT molecular complexity index is 601. The highest BCUT2D eigenvalue weighted by molar-refractivity contribution is 5.32. The molecule has 0 spiro atoms. The van der Waals surface area contributed by atoms with E-state index in [4.69, 9.17) is 4.74 Å². The lowest BCUT2D eigenvalue weighted by atomic mass is 10.1. The zero-order chi connectivity index (χ0) is 15.2. The van der Waals surface area contributed by atoms with Crippen LogP contribution < -0.4 is 10.1 Å². The molecule has 0 bridgehead atoms. The van der Waals surface area contributed by atoms with Crippen LogP contribution in [0.15, 0.2) is 36.5 Å². The monoisotopic (exact) mass is 288 g/mol. The number of hydrogen-bond donors (Lipinski definition) is 1. The fourth-order valence-corrected chi connectivity index (χ4v) is 1.99. The molecule has 112 valence electrons. The normalized spacial score (nSPS) is 12.2. The Kier molecular flexibility index (Phi) is 5.28. The van der Waals surface area contributed by atoms with Gasteiger partial charge < -0.3 is 10.1 Å². The summed E-state index contributed by atoms with van der Waals surface area (Å²) < 4.78 is 19.1. The molecule has 21 heavy (non-hydrogen) atoms. The second-order valence-corrected chi connectivity index (χ2v) is 5.12. The van der Waals surface area contributed by atoms with E-state index in [1.807, 2.05) is 12.1 Å². The summed E-state index contributed by atoms with van der Waals surface area (Å²) in [7, 11) is 0. The molecule has 1 aromatic heterocycles. The molecule has 0 fully saturated rings. The van der Waals surface area contributed by atoms with Crippen molar-refractivity contribution in [2.75, 3.05) is 6.54 Å². The van der Waals surface area contributed by atoms with Gasteiger partial charge in [0, 0.05) is 24.4 Å². The standard InChI is InChI=1S/C17H21FN2O/c1-4-8-19-13(3)14-7-9-20-17(10-14)21-15-6-5-12(2)16(18)11-15/h5-7,9-11,13,19H,4,8H2,1-3H3. The van der Waals surface area contributed by atoms with Crippen molar-refractivity contribution in [2.24, 2.45) is 0 Å². The van der Waals surface area contributed by atoms with Gasteiger partial charge in [0.2, 0.25) is 5.88 Å². The third-order valence-corrected chi connectivity index (χ3v) is 3.33. The van der Waals surface area contributed by atoms with Crippen LogP contribution in [-0.4, -0.2) is 11.5 Å². The molecule has 1 N–H and O–H groups in total. The molecule has 2 aromatic rings. The molecule has 1 heterocycles. The second kappa shape index (κ2) is 7.18. The first kappa shape index (κ1) is 15.4. The van der Waals surface area contributed by atoms with Crippen LogP contribution in [-0.2, 0) is 0 Å². The first-order valence-electron chi connectivity index (χ1n) is 7.23. The van der Waals surface area contributed by atoms with Gasteiger partial charge in [-0.25, -0.2) is 9.37 Å². The minimum atomic E-state index is -0.276. The van der Waals surface area contributed by atoms with E-state index in [0.29, 0.717) is 17.2 Å². The van der Waals surface area contributed by atoms with Crippen molar-refractivity contribution in [3.63, 3.8) is 0 Å². The second-order valence-electron chi connectivity index (χ2n) is 5.12. The lowest BCUT2D eigenvalue weighted by Gasteiger charge is -2.14. The molecule has 0 radical (unpaired) electrons. The van der Waals surface area contributed by atoms with Crippen LogP contribution in [0.25, 0.3) is 0 Å². The van der Waals surface area contributed by atoms with Crippen LogP contribution in [0.3, 0.4) is 0 Å². The van der Waals surface area contributed by atoms with Crippen LogP contribution in [0, 0.1) is 12.7 Å². The quantitative estimate of drug-likeness (QED) is 0.856. The summed E-state index contributed by atoms with van der Waals surface area (Å²) >= 11 is 0. The Hall–Kier alpha value is -1.94. The predicted molar refractivity (Wildman–Crippen MR) is 82.2 cm³/mol. The number of hydrogen-bond acceptors (Lipinski definition) is 3. The van der Waals surface area contributed by atoms with Crippen LogP contribution >= 0.6 is 0 Å². The highest BCUT2D eigenvalue weighted by atomic mass is 19.1. The maximum absolute atomic E-state index is 13.5. The largest absolute Gasteiger partial charge is 0.439 e. The zero-order valence-electron chi connectivity index (χ0n) is 12.7. The first-order chi connectivity index (χ1) is 10.1. The number of aryl methyl sites for hydroxylation is 1. The van der Waals surface area contributed by atoms with E-state index >= 15 is 0 Å². The molecule has 1 atom stereocenters. The molecule has 0 aliphatic heterocycles. The van der Waals surface area contributed by atoms with E-state index in [-0.39, 0.29) is 11.9 Å². The molecule has 0 aliphatic rings. The van der Waals surface area contributed by atoms with Gasteiger partial charge in [-0.1, -0.05) is 13.0 Å². The summed E-state index contributed by atoms with van der Waals surface area (Å²) in [5, 5.41) is 3.41. The molecule has 3 nitrogen and oxygen atoms in total. The summed E-state index contributed by atoms with van der Waals surface area (Å²) in [5.41, 5.74) is 1.70. The summed E-state index contributed by atoms with van der Waals surface area (Å²) in [6.07, 6.45) is 2.79. The lowest BCUT2D eigenvalue weighted by Crippen LogP contribution is -2.19. The molecule has 0 amide bonds. The van der Waals surface area contributed by atoms with Crippen molar-refractivity contribution in [2.45, 2.75) is 33.2 Å². The first-order valence-corrected chi connectivity index (χ1v) is 7.23. The van der Waals surface area contributed by atoms with Gasteiger partial charge in [0.05, 0.1) is 0 Å². The van der Waals surface area contributed by atoms with Crippen molar-refractivity contribution in [3.05, 3.63) is 53.5 Å². The van der Waals surface area contributed by atoms with Crippen molar-refractivity contribution in [3.8, 4) is 11.6 Å². The van der Waals surface area contributed by atoms with Crippen LogP contribution in [0.4, 0.5) is 4.39 Å². The fraction of sp³-hybridized carbons (Fsp3) is 0.353. The molecular formula is C17H21FN2O. The van der Waals surface area contributed by atoms with Gasteiger partial charge in [0.15, 0.2) is 0 Å². The number of benzene rings is 1. The molecule has 1 unspecified atom stereocenters. The number of halogens is 1. The third-order valence-electron chi connectivity index (χ3n) is 3.33. The SMILES string of the molecule is CCCNC(C)c1ccnc(Oc2ccc(C)c(F)c2)c1. The van der Waals surface area contributed by atoms with Gasteiger partial charge in [-0.2, -0.15) is 0 Å². The van der Waals surface area contributed by atoms with Crippen molar-refractivity contribution in [1.82, 2.24) is 10.3 Å². The number of rotatable bonds is 6. The number of pyridine rings is 1. The highest BCUT2D eigenvalue weighted by Gasteiger charge is 2.07. The molecule has 1 aromatic carbocycles. The number of nitrogens with zero attached hydrogens (tertiary/aromatic N) is 1. The molecule has 0 saturated carbocycles. The Morgan fingerprint density at radius 2 is 2.10 bits per heavy atom. The summed E-state index contributed by atoms with van der Waals surface area (Å²) in [5.74, 6) is 0.652. The fourth-order valence-electron chi connectivity index (χ4n) is 1.99. The van der Waals surface area contributed by atoms with Crippen molar-refractivity contribution >= 4 is 0 Å². The summed E-state index contributed by atoms with van der Waals surface area (Å²) in [4.78, 5) is 4.18. The van der Waals surface area contributed by atoms with Crippen molar-refractivity contribution < 1.29 is 9.13 Å². The minimum Gasteiger partial charge on any atom is -0.439 e. The number of nitrogens with one attached hydrogen (secondary N) is 1. The van der Waals surface area contributed by atoms with Gasteiger partial charge in [-0.05, 0) is 50.1 Å². The average Bonchev–Trinajstić information content (AvgIpc) is 2.49. The molecular weight excluding hydrogens is 267 g/mol. The number of ether oxygens (including phenoxy) is 1. The van der Waals surface area contributed by atoms with Gasteiger partial charge in [-0.15, -0.1) is 0 Å². The Morgan fingerprint density at radius 3 is 2.81 bits per heavy atom. The average molecular weight is 288 g/mol. The Labute approximate surface area is 125 Å². The van der Waals surface area contributed by atoms with Crippen LogP contribution in [0.5, 0.6) is 11.6 Å². The van der Waals surface area contributed by atoms with E-state index in [0.717, 1.165) is 18.5 Å². The highest BCUT2D eigenvalue weighted by Crippen LogP contribution is 2.24. The zero-order valence-corrected chi connectivity index (χ0v) is 12.7. The van der Waals surface area contributed by atoms with E-state index in [9.17, 15) is 4.39 Å². The molecule has 4 heteroatoms. The third kappa shape index (κ3) is 4.26. The van der Waals surface area contributed by atoms with Gasteiger partial charge in [-0.3, -0.25) is 0 Å². The van der Waals surface area contributed by atoms with E-state index in [1.165, 1.54) is 6.07 Å².